The van der Waals surface area contributed by atoms with Crippen molar-refractivity contribution in [3.63, 3.8) is 0 Å². The summed E-state index contributed by atoms with van der Waals surface area (Å²) >= 11 is 0. The van der Waals surface area contributed by atoms with Gasteiger partial charge in [-0.2, -0.15) is 0 Å². The van der Waals surface area contributed by atoms with Crippen LogP contribution in [0.15, 0.2) is 0 Å². The maximum absolute atomic E-state index is 12.0. The van der Waals surface area contributed by atoms with Crippen LogP contribution in [0.4, 0.5) is 0 Å². The number of hydrogen-bond donors (Lipinski definition) is 0. The molecular formula is C15H30O2. The average molecular weight is 242 g/mol. The van der Waals surface area contributed by atoms with E-state index in [2.05, 4.69) is 20.8 Å². The Bertz CT molecular complexity index is 229. The first-order chi connectivity index (χ1) is 7.79. The van der Waals surface area contributed by atoms with Crippen LogP contribution in [-0.4, -0.2) is 12.6 Å². The molecule has 0 saturated carbocycles. The predicted octanol–water partition coefficient (Wildman–Crippen LogP) is 4.57. The van der Waals surface area contributed by atoms with E-state index in [1.165, 1.54) is 25.7 Å². The van der Waals surface area contributed by atoms with Gasteiger partial charge in [-0.1, -0.05) is 46.5 Å². The molecule has 0 aliphatic rings. The lowest BCUT2D eigenvalue weighted by Gasteiger charge is -2.39. The molecule has 0 N–H and O–H groups in total. The molecule has 0 aliphatic carbocycles. The minimum Gasteiger partial charge on any atom is -0.466 e. The van der Waals surface area contributed by atoms with Gasteiger partial charge in [0.15, 0.2) is 0 Å². The normalized spacial score (nSPS) is 12.6. The molecule has 0 amide bonds. The fourth-order valence-corrected chi connectivity index (χ4v) is 1.89. The van der Waals surface area contributed by atoms with Crippen LogP contribution in [0.5, 0.6) is 0 Å². The number of ether oxygens (including phenoxy) is 1. The van der Waals surface area contributed by atoms with Gasteiger partial charge in [0, 0.05) is 0 Å². The molecule has 0 radical (unpaired) electrons. The van der Waals surface area contributed by atoms with Gasteiger partial charge in [0.25, 0.3) is 0 Å². The second kappa shape index (κ2) is 7.03. The Morgan fingerprint density at radius 1 is 1.00 bits per heavy atom. The molecule has 0 saturated heterocycles. The standard InChI is InChI=1S/C15H30O2/c1-7-9-10-11-12-14(3,4)15(5,6)13(16)17-8-2/h7-12H2,1-6H3. The van der Waals surface area contributed by atoms with Crippen LogP contribution in [-0.2, 0) is 9.53 Å². The summed E-state index contributed by atoms with van der Waals surface area (Å²) < 4.78 is 5.18. The van der Waals surface area contributed by atoms with Gasteiger partial charge in [-0.25, -0.2) is 0 Å². The van der Waals surface area contributed by atoms with Crippen molar-refractivity contribution < 1.29 is 9.53 Å². The largest absolute Gasteiger partial charge is 0.466 e. The summed E-state index contributed by atoms with van der Waals surface area (Å²) in [5.74, 6) is -0.0690. The Kier molecular flexibility index (Phi) is 6.81. The molecule has 0 fully saturated rings. The zero-order chi connectivity index (χ0) is 13.5. The lowest BCUT2D eigenvalue weighted by Crippen LogP contribution is -2.40. The minimum absolute atomic E-state index is 0.00695. The highest BCUT2D eigenvalue weighted by atomic mass is 16.5. The average Bonchev–Trinajstić information content (AvgIpc) is 2.24. The van der Waals surface area contributed by atoms with Crippen molar-refractivity contribution in [3.05, 3.63) is 0 Å². The Labute approximate surface area is 107 Å². The molecule has 0 heterocycles. The van der Waals surface area contributed by atoms with Crippen LogP contribution in [0.3, 0.4) is 0 Å². The highest BCUT2D eigenvalue weighted by Crippen LogP contribution is 2.43. The molecule has 0 unspecified atom stereocenters. The first-order valence-electron chi connectivity index (χ1n) is 6.96. The first-order valence-corrected chi connectivity index (χ1v) is 6.96. The second-order valence-corrected chi connectivity index (χ2v) is 6.04. The van der Waals surface area contributed by atoms with Gasteiger partial charge in [0.1, 0.15) is 0 Å². The maximum atomic E-state index is 12.0. The van der Waals surface area contributed by atoms with Crippen LogP contribution in [0, 0.1) is 10.8 Å². The zero-order valence-corrected chi connectivity index (χ0v) is 12.6. The van der Waals surface area contributed by atoms with Crippen molar-refractivity contribution in [2.24, 2.45) is 10.8 Å². The summed E-state index contributed by atoms with van der Waals surface area (Å²) in [5.41, 5.74) is -0.414. The van der Waals surface area contributed by atoms with E-state index < -0.39 is 5.41 Å². The lowest BCUT2D eigenvalue weighted by atomic mass is 9.65. The van der Waals surface area contributed by atoms with Crippen molar-refractivity contribution in [3.8, 4) is 0 Å². The van der Waals surface area contributed by atoms with Crippen molar-refractivity contribution in [1.29, 1.82) is 0 Å². The third-order valence-electron chi connectivity index (χ3n) is 4.13. The number of unbranched alkanes of at least 4 members (excludes halogenated alkanes) is 3. The van der Waals surface area contributed by atoms with E-state index in [1.54, 1.807) is 0 Å². The van der Waals surface area contributed by atoms with Crippen LogP contribution in [0.25, 0.3) is 0 Å². The van der Waals surface area contributed by atoms with Gasteiger partial charge in [-0.3, -0.25) is 4.79 Å². The molecule has 17 heavy (non-hydrogen) atoms. The van der Waals surface area contributed by atoms with Gasteiger partial charge < -0.3 is 4.74 Å². The molecule has 0 spiro atoms. The van der Waals surface area contributed by atoms with E-state index >= 15 is 0 Å². The van der Waals surface area contributed by atoms with Gasteiger partial charge in [0.05, 0.1) is 12.0 Å². The van der Waals surface area contributed by atoms with E-state index in [0.29, 0.717) is 6.61 Å². The first kappa shape index (κ1) is 16.5. The molecule has 0 aliphatic heterocycles. The Balaban J connectivity index is 4.39. The quantitative estimate of drug-likeness (QED) is 0.460. The number of hydrogen-bond acceptors (Lipinski definition) is 2. The molecule has 2 nitrogen and oxygen atoms in total. The van der Waals surface area contributed by atoms with E-state index in [9.17, 15) is 4.79 Å². The van der Waals surface area contributed by atoms with Crippen molar-refractivity contribution >= 4 is 5.97 Å². The Hall–Kier alpha value is -0.530. The van der Waals surface area contributed by atoms with Crippen LogP contribution in [0.1, 0.15) is 73.6 Å². The fraction of sp³-hybridized carbons (Fsp3) is 0.933. The van der Waals surface area contributed by atoms with Gasteiger partial charge >= 0.3 is 5.97 Å². The summed E-state index contributed by atoms with van der Waals surface area (Å²) in [6.45, 7) is 12.9. The number of rotatable bonds is 8. The molecule has 0 aromatic heterocycles. The molecule has 2 heteroatoms. The zero-order valence-electron chi connectivity index (χ0n) is 12.6. The van der Waals surface area contributed by atoms with Crippen molar-refractivity contribution in [2.45, 2.75) is 73.6 Å². The number of esters is 1. The smallest absolute Gasteiger partial charge is 0.312 e. The minimum atomic E-state index is -0.408. The summed E-state index contributed by atoms with van der Waals surface area (Å²) in [4.78, 5) is 12.0. The van der Waals surface area contributed by atoms with Gasteiger partial charge in [-0.05, 0) is 32.6 Å². The highest BCUT2D eigenvalue weighted by molar-refractivity contribution is 5.76. The third-order valence-corrected chi connectivity index (χ3v) is 4.13. The third kappa shape index (κ3) is 4.69. The molecule has 0 rings (SSSR count). The predicted molar refractivity (Wildman–Crippen MR) is 73.0 cm³/mol. The van der Waals surface area contributed by atoms with Gasteiger partial charge in [0.2, 0.25) is 0 Å². The van der Waals surface area contributed by atoms with Crippen molar-refractivity contribution in [1.82, 2.24) is 0 Å². The van der Waals surface area contributed by atoms with E-state index in [0.717, 1.165) is 6.42 Å². The topological polar surface area (TPSA) is 26.3 Å². The molecular weight excluding hydrogens is 212 g/mol. The number of carbonyl (C=O) groups excluding carboxylic acids is 1. The van der Waals surface area contributed by atoms with Crippen molar-refractivity contribution in [2.75, 3.05) is 6.61 Å². The summed E-state index contributed by atoms with van der Waals surface area (Å²) in [6.07, 6.45) is 6.08. The maximum Gasteiger partial charge on any atom is 0.312 e. The van der Waals surface area contributed by atoms with Crippen LogP contribution >= 0.6 is 0 Å². The second-order valence-electron chi connectivity index (χ2n) is 6.04. The molecule has 0 atom stereocenters. The van der Waals surface area contributed by atoms with E-state index in [-0.39, 0.29) is 11.4 Å². The molecule has 0 aromatic carbocycles. The molecule has 0 aromatic rings. The summed E-state index contributed by atoms with van der Waals surface area (Å²) in [6, 6.07) is 0. The van der Waals surface area contributed by atoms with E-state index in [4.69, 9.17) is 4.74 Å². The van der Waals surface area contributed by atoms with Gasteiger partial charge in [-0.15, -0.1) is 0 Å². The monoisotopic (exact) mass is 242 g/mol. The van der Waals surface area contributed by atoms with Crippen LogP contribution < -0.4 is 0 Å². The summed E-state index contributed by atoms with van der Waals surface area (Å²) in [7, 11) is 0. The SMILES string of the molecule is CCCCCCC(C)(C)C(C)(C)C(=O)OCC. The fourth-order valence-electron chi connectivity index (χ4n) is 1.89. The Morgan fingerprint density at radius 2 is 1.59 bits per heavy atom. The lowest BCUT2D eigenvalue weighted by molar-refractivity contribution is -0.160. The molecule has 0 bridgehead atoms. The van der Waals surface area contributed by atoms with E-state index in [1.807, 2.05) is 20.8 Å². The summed E-state index contributed by atoms with van der Waals surface area (Å²) in [5, 5.41) is 0. The van der Waals surface area contributed by atoms with Crippen LogP contribution in [0.2, 0.25) is 0 Å². The highest BCUT2D eigenvalue weighted by Gasteiger charge is 2.43. The molecule has 102 valence electrons. The Morgan fingerprint density at radius 3 is 2.06 bits per heavy atom. The number of carbonyl (C=O) groups is 1.